The van der Waals surface area contributed by atoms with E-state index in [1.54, 1.807) is 12.1 Å². The molecule has 0 heterocycles. The van der Waals surface area contributed by atoms with Gasteiger partial charge in [0.25, 0.3) is 5.91 Å². The van der Waals surface area contributed by atoms with Gasteiger partial charge in [-0.2, -0.15) is 0 Å². The number of anilines is 1. The van der Waals surface area contributed by atoms with Crippen molar-refractivity contribution >= 4 is 23.6 Å². The highest BCUT2D eigenvalue weighted by Gasteiger charge is 2.19. The van der Waals surface area contributed by atoms with Gasteiger partial charge < -0.3 is 21.1 Å². The Morgan fingerprint density at radius 3 is 2.17 bits per heavy atom. The van der Waals surface area contributed by atoms with Crippen molar-refractivity contribution in [1.29, 1.82) is 0 Å². The minimum Gasteiger partial charge on any atom is -0.480 e. The molecule has 126 valence electrons. The average Bonchev–Trinajstić information content (AvgIpc) is 2.46. The van der Waals surface area contributed by atoms with E-state index in [9.17, 15) is 14.4 Å². The Bertz CT molecular complexity index is 555. The molecule has 0 aliphatic heterocycles. The van der Waals surface area contributed by atoms with Gasteiger partial charge in [0, 0.05) is 17.3 Å². The number of carboxylic acids is 1. The largest absolute Gasteiger partial charge is 0.480 e. The summed E-state index contributed by atoms with van der Waals surface area (Å²) in [6, 6.07) is 5.03. The first-order chi connectivity index (χ1) is 10.8. The molecule has 4 N–H and O–H groups in total. The molecule has 0 aliphatic rings. The number of nitrogens with one attached hydrogen (secondary N) is 3. The fourth-order valence-electron chi connectivity index (χ4n) is 1.92. The number of hydrogen-bond donors (Lipinski definition) is 4. The molecule has 1 atom stereocenters. The summed E-state index contributed by atoms with van der Waals surface area (Å²) >= 11 is 0. The molecule has 7 nitrogen and oxygen atoms in total. The number of carbonyl (C=O) groups excluding carboxylic acids is 2. The second kappa shape index (κ2) is 8.77. The van der Waals surface area contributed by atoms with Crippen molar-refractivity contribution in [3.05, 3.63) is 29.8 Å². The van der Waals surface area contributed by atoms with E-state index < -0.39 is 17.9 Å². The van der Waals surface area contributed by atoms with Crippen LogP contribution >= 0.6 is 0 Å². The molecule has 0 saturated carbocycles. The average molecular weight is 321 g/mol. The van der Waals surface area contributed by atoms with Gasteiger partial charge in [0.2, 0.25) is 0 Å². The van der Waals surface area contributed by atoms with Gasteiger partial charge in [0.1, 0.15) is 6.04 Å². The summed E-state index contributed by atoms with van der Waals surface area (Å²) in [4.78, 5) is 34.7. The van der Waals surface area contributed by atoms with Gasteiger partial charge in [-0.15, -0.1) is 0 Å². The molecule has 23 heavy (non-hydrogen) atoms. The summed E-state index contributed by atoms with van der Waals surface area (Å²) in [7, 11) is 0. The molecule has 0 spiro atoms. The van der Waals surface area contributed by atoms with Crippen molar-refractivity contribution in [3.8, 4) is 0 Å². The lowest BCUT2D eigenvalue weighted by Crippen LogP contribution is -2.40. The Balaban J connectivity index is 2.66. The number of rotatable bonds is 7. The topological polar surface area (TPSA) is 108 Å². The molecule has 1 aromatic carbocycles. The number of aliphatic carboxylic acids is 1. The number of hydrogen-bond acceptors (Lipinski definition) is 3. The summed E-state index contributed by atoms with van der Waals surface area (Å²) in [6.45, 7) is 5.55. The first-order valence-electron chi connectivity index (χ1n) is 7.54. The Labute approximate surface area is 135 Å². The molecule has 1 aromatic rings. The molecule has 1 rings (SSSR count). The third-order valence-corrected chi connectivity index (χ3v) is 3.01. The highest BCUT2D eigenvalue weighted by atomic mass is 16.4. The quantitative estimate of drug-likeness (QED) is 0.617. The molecule has 0 aliphatic carbocycles. The van der Waals surface area contributed by atoms with Crippen molar-refractivity contribution in [2.24, 2.45) is 0 Å². The molecule has 3 amide bonds. The number of amides is 3. The standard InChI is InChI=1S/C16H23N3O4/c1-4-5-13(15(21)22)19-14(20)11-6-8-12(9-7-11)18-16(23)17-10(2)3/h6-10,13H,4-5H2,1-3H3,(H,19,20)(H,21,22)(H2,17,18,23). The van der Waals surface area contributed by atoms with Crippen molar-refractivity contribution in [1.82, 2.24) is 10.6 Å². The molecule has 0 aromatic heterocycles. The monoisotopic (exact) mass is 321 g/mol. The van der Waals surface area contributed by atoms with E-state index in [1.165, 1.54) is 12.1 Å². The van der Waals surface area contributed by atoms with E-state index in [0.29, 0.717) is 24.1 Å². The molecule has 0 fully saturated rings. The van der Waals surface area contributed by atoms with Crippen molar-refractivity contribution in [2.75, 3.05) is 5.32 Å². The Kier molecular flexibility index (Phi) is 7.05. The summed E-state index contributed by atoms with van der Waals surface area (Å²) in [6.07, 6.45) is 1.03. The van der Waals surface area contributed by atoms with E-state index in [1.807, 2.05) is 20.8 Å². The minimum atomic E-state index is -1.05. The SMILES string of the molecule is CCCC(NC(=O)c1ccc(NC(=O)NC(C)C)cc1)C(=O)O. The van der Waals surface area contributed by atoms with Crippen molar-refractivity contribution in [2.45, 2.75) is 45.7 Å². The van der Waals surface area contributed by atoms with Crippen LogP contribution < -0.4 is 16.0 Å². The van der Waals surface area contributed by atoms with E-state index in [0.717, 1.165) is 0 Å². The molecule has 1 unspecified atom stereocenters. The van der Waals surface area contributed by atoms with Gasteiger partial charge in [-0.05, 0) is 44.5 Å². The van der Waals surface area contributed by atoms with Crippen LogP contribution in [0.5, 0.6) is 0 Å². The molecule has 0 saturated heterocycles. The maximum Gasteiger partial charge on any atom is 0.326 e. The molecule has 7 heteroatoms. The van der Waals surface area contributed by atoms with Crippen molar-refractivity contribution < 1.29 is 19.5 Å². The highest BCUT2D eigenvalue weighted by Crippen LogP contribution is 2.10. The van der Waals surface area contributed by atoms with Gasteiger partial charge in [-0.1, -0.05) is 13.3 Å². The zero-order valence-corrected chi connectivity index (χ0v) is 13.6. The van der Waals surface area contributed by atoms with Crippen LogP contribution in [0.15, 0.2) is 24.3 Å². The summed E-state index contributed by atoms with van der Waals surface area (Å²) < 4.78 is 0. The lowest BCUT2D eigenvalue weighted by atomic mass is 10.1. The summed E-state index contributed by atoms with van der Waals surface area (Å²) in [5.74, 6) is -1.51. The second-order valence-electron chi connectivity index (χ2n) is 5.48. The summed E-state index contributed by atoms with van der Waals surface area (Å²) in [5, 5.41) is 16.9. The minimum absolute atomic E-state index is 0.0200. The Morgan fingerprint density at radius 2 is 1.70 bits per heavy atom. The number of carboxylic acid groups (broad SMARTS) is 1. The summed E-state index contributed by atoms with van der Waals surface area (Å²) in [5.41, 5.74) is 0.880. The molecule has 0 bridgehead atoms. The zero-order valence-electron chi connectivity index (χ0n) is 13.6. The second-order valence-corrected chi connectivity index (χ2v) is 5.48. The Hall–Kier alpha value is -2.57. The first kappa shape index (κ1) is 18.5. The first-order valence-corrected chi connectivity index (χ1v) is 7.54. The third kappa shape index (κ3) is 6.37. The number of carbonyl (C=O) groups is 3. The fraction of sp³-hybridized carbons (Fsp3) is 0.438. The van der Waals surface area contributed by atoms with E-state index in [4.69, 9.17) is 5.11 Å². The van der Waals surface area contributed by atoms with Crippen LogP contribution in [0.25, 0.3) is 0 Å². The van der Waals surface area contributed by atoms with Crippen LogP contribution in [0.3, 0.4) is 0 Å². The Morgan fingerprint density at radius 1 is 1.09 bits per heavy atom. The fourth-order valence-corrected chi connectivity index (χ4v) is 1.92. The normalized spacial score (nSPS) is 11.7. The smallest absolute Gasteiger partial charge is 0.326 e. The lowest BCUT2D eigenvalue weighted by molar-refractivity contribution is -0.139. The molecular weight excluding hydrogens is 298 g/mol. The third-order valence-electron chi connectivity index (χ3n) is 3.01. The van der Waals surface area contributed by atoms with Crippen LogP contribution in [0.1, 0.15) is 44.0 Å². The lowest BCUT2D eigenvalue weighted by Gasteiger charge is -2.14. The number of benzene rings is 1. The van der Waals surface area contributed by atoms with Crippen LogP contribution in [0.4, 0.5) is 10.5 Å². The van der Waals surface area contributed by atoms with Gasteiger partial charge in [0.05, 0.1) is 0 Å². The number of urea groups is 1. The van der Waals surface area contributed by atoms with E-state index in [2.05, 4.69) is 16.0 Å². The van der Waals surface area contributed by atoms with Gasteiger partial charge in [-0.25, -0.2) is 9.59 Å². The van der Waals surface area contributed by atoms with Gasteiger partial charge in [0.15, 0.2) is 0 Å². The van der Waals surface area contributed by atoms with Crippen LogP contribution in [0, 0.1) is 0 Å². The predicted octanol–water partition coefficient (Wildman–Crippen LogP) is 2.20. The van der Waals surface area contributed by atoms with Crippen molar-refractivity contribution in [3.63, 3.8) is 0 Å². The van der Waals surface area contributed by atoms with E-state index in [-0.39, 0.29) is 12.1 Å². The van der Waals surface area contributed by atoms with Gasteiger partial charge in [-0.3, -0.25) is 4.79 Å². The molecule has 0 radical (unpaired) electrons. The van der Waals surface area contributed by atoms with Crippen LogP contribution in [0.2, 0.25) is 0 Å². The van der Waals surface area contributed by atoms with Crippen LogP contribution in [-0.4, -0.2) is 35.1 Å². The van der Waals surface area contributed by atoms with Crippen LogP contribution in [-0.2, 0) is 4.79 Å². The highest BCUT2D eigenvalue weighted by molar-refractivity contribution is 5.97. The zero-order chi connectivity index (χ0) is 17.4. The molecular formula is C16H23N3O4. The maximum atomic E-state index is 12.0. The predicted molar refractivity (Wildman–Crippen MR) is 87.5 cm³/mol. The maximum absolute atomic E-state index is 12.0. The van der Waals surface area contributed by atoms with E-state index >= 15 is 0 Å². The van der Waals surface area contributed by atoms with Gasteiger partial charge >= 0.3 is 12.0 Å².